The Bertz CT molecular complexity index is 1550. The molecule has 6 heteroatoms. The zero-order valence-corrected chi connectivity index (χ0v) is 15.8. The van der Waals surface area contributed by atoms with Crippen LogP contribution >= 0.6 is 0 Å². The first-order valence-electron chi connectivity index (χ1n) is 9.77. The smallest absolute Gasteiger partial charge is 0.181 e. The largest absolute Gasteiger partial charge is 0.453 e. The van der Waals surface area contributed by atoms with Gasteiger partial charge in [-0.25, -0.2) is 9.97 Å². The summed E-state index contributed by atoms with van der Waals surface area (Å²) in [6.45, 7) is 0. The number of fused-ring (bicyclic) bond motifs is 8. The van der Waals surface area contributed by atoms with Gasteiger partial charge in [0.05, 0.1) is 28.1 Å². The summed E-state index contributed by atoms with van der Waals surface area (Å²) in [4.78, 5) is 11.4. The maximum atomic E-state index is 6.20. The number of hydrogen-bond acceptors (Lipinski definition) is 4. The summed E-state index contributed by atoms with van der Waals surface area (Å²) in [5, 5.41) is 0. The minimum absolute atomic E-state index is 0.828. The van der Waals surface area contributed by atoms with Gasteiger partial charge >= 0.3 is 0 Å². The lowest BCUT2D eigenvalue weighted by Gasteiger charge is -2.33. The SMILES string of the molecule is c1ccc2c(c1)Oc1ccccc1N2c1cccc2c1n1ccnc1c1nccn21. The van der Waals surface area contributed by atoms with Crippen LogP contribution in [0, 0.1) is 0 Å². The Morgan fingerprint density at radius 2 is 1.20 bits per heavy atom. The van der Waals surface area contributed by atoms with Gasteiger partial charge in [-0.15, -0.1) is 0 Å². The van der Waals surface area contributed by atoms with Crippen molar-refractivity contribution >= 4 is 39.4 Å². The van der Waals surface area contributed by atoms with Crippen molar-refractivity contribution in [1.29, 1.82) is 0 Å². The monoisotopic (exact) mass is 389 g/mol. The summed E-state index contributed by atoms with van der Waals surface area (Å²) >= 11 is 0. The molecule has 3 aromatic heterocycles. The summed E-state index contributed by atoms with van der Waals surface area (Å²) in [7, 11) is 0. The third-order valence-electron chi connectivity index (χ3n) is 5.65. The van der Waals surface area contributed by atoms with Crippen molar-refractivity contribution in [2.45, 2.75) is 0 Å². The molecule has 1 aliphatic rings. The Morgan fingerprint density at radius 3 is 1.93 bits per heavy atom. The second kappa shape index (κ2) is 5.61. The van der Waals surface area contributed by atoms with Gasteiger partial charge < -0.3 is 9.64 Å². The van der Waals surface area contributed by atoms with Crippen molar-refractivity contribution in [3.05, 3.63) is 91.5 Å². The fraction of sp³-hybridized carbons (Fsp3) is 0. The van der Waals surface area contributed by atoms with Crippen LogP contribution in [0.25, 0.3) is 22.3 Å². The molecule has 0 atom stereocenters. The molecule has 0 unspecified atom stereocenters. The fourth-order valence-corrected chi connectivity index (χ4v) is 4.42. The van der Waals surface area contributed by atoms with Crippen LogP contribution in [0.2, 0.25) is 0 Å². The molecule has 1 aliphatic heterocycles. The van der Waals surface area contributed by atoms with Gasteiger partial charge in [0.25, 0.3) is 0 Å². The first-order valence-corrected chi connectivity index (χ1v) is 9.77. The highest BCUT2D eigenvalue weighted by molar-refractivity contribution is 6.00. The van der Waals surface area contributed by atoms with Crippen molar-refractivity contribution in [3.8, 4) is 11.5 Å². The highest BCUT2D eigenvalue weighted by Crippen LogP contribution is 2.51. The minimum Gasteiger partial charge on any atom is -0.453 e. The average molecular weight is 389 g/mol. The van der Waals surface area contributed by atoms with Crippen LogP contribution in [0.3, 0.4) is 0 Å². The van der Waals surface area contributed by atoms with Crippen LogP contribution in [-0.2, 0) is 0 Å². The molecule has 30 heavy (non-hydrogen) atoms. The van der Waals surface area contributed by atoms with E-state index in [0.717, 1.165) is 50.9 Å². The van der Waals surface area contributed by atoms with Gasteiger partial charge in [-0.05, 0) is 36.4 Å². The Labute approximate surface area is 171 Å². The number of aromatic nitrogens is 4. The van der Waals surface area contributed by atoms with Crippen molar-refractivity contribution in [2.75, 3.05) is 4.90 Å². The zero-order valence-electron chi connectivity index (χ0n) is 15.8. The lowest BCUT2D eigenvalue weighted by atomic mass is 10.1. The van der Waals surface area contributed by atoms with Crippen LogP contribution in [0.5, 0.6) is 11.5 Å². The first-order chi connectivity index (χ1) is 14.9. The standard InChI is InChI=1S/C24H15N5O/c1-3-10-20-16(6-1)29(17-7-2-4-11-21(17)30-20)19-9-5-8-18-22(19)28-15-13-26-24(28)23-25-12-14-27(18)23/h1-15H. The predicted molar refractivity (Wildman–Crippen MR) is 116 cm³/mol. The van der Waals surface area contributed by atoms with E-state index in [0.29, 0.717) is 0 Å². The molecule has 3 aromatic carbocycles. The number of nitrogens with zero attached hydrogens (tertiary/aromatic N) is 5. The quantitative estimate of drug-likeness (QED) is 0.361. The van der Waals surface area contributed by atoms with Gasteiger partial charge in [-0.2, -0.15) is 0 Å². The minimum atomic E-state index is 0.828. The summed E-state index contributed by atoms with van der Waals surface area (Å²) in [5.74, 6) is 1.66. The molecule has 0 saturated heterocycles. The Hall–Kier alpha value is -4.32. The van der Waals surface area contributed by atoms with Gasteiger partial charge in [0.15, 0.2) is 22.8 Å². The second-order valence-electron chi connectivity index (χ2n) is 7.26. The van der Waals surface area contributed by atoms with Gasteiger partial charge in [-0.3, -0.25) is 8.80 Å². The number of anilines is 3. The topological polar surface area (TPSA) is 47.1 Å². The Kier molecular flexibility index (Phi) is 2.91. The third-order valence-corrected chi connectivity index (χ3v) is 5.65. The Balaban J connectivity index is 1.66. The molecule has 142 valence electrons. The molecule has 4 heterocycles. The first kappa shape index (κ1) is 15.6. The maximum absolute atomic E-state index is 6.20. The summed E-state index contributed by atoms with van der Waals surface area (Å²) in [5.41, 5.74) is 6.84. The number of ether oxygens (including phenoxy) is 1. The van der Waals surface area contributed by atoms with E-state index in [2.05, 4.69) is 54.0 Å². The van der Waals surface area contributed by atoms with E-state index in [1.807, 2.05) is 61.2 Å². The molecule has 0 bridgehead atoms. The van der Waals surface area contributed by atoms with E-state index in [1.165, 1.54) is 0 Å². The van der Waals surface area contributed by atoms with Gasteiger partial charge in [0.1, 0.15) is 0 Å². The highest BCUT2D eigenvalue weighted by atomic mass is 16.5. The predicted octanol–water partition coefficient (Wildman–Crippen LogP) is 5.71. The lowest BCUT2D eigenvalue weighted by molar-refractivity contribution is 0.477. The van der Waals surface area contributed by atoms with E-state index in [-0.39, 0.29) is 0 Å². The molecule has 6 aromatic rings. The van der Waals surface area contributed by atoms with Crippen molar-refractivity contribution in [1.82, 2.24) is 18.8 Å². The molecular formula is C24H15N5O. The van der Waals surface area contributed by atoms with Crippen molar-refractivity contribution < 1.29 is 4.74 Å². The second-order valence-corrected chi connectivity index (χ2v) is 7.26. The van der Waals surface area contributed by atoms with Crippen molar-refractivity contribution in [2.24, 2.45) is 0 Å². The van der Waals surface area contributed by atoms with Crippen LogP contribution in [0.1, 0.15) is 0 Å². The molecular weight excluding hydrogens is 374 g/mol. The van der Waals surface area contributed by atoms with E-state index in [4.69, 9.17) is 4.74 Å². The molecule has 0 saturated carbocycles. The number of hydrogen-bond donors (Lipinski definition) is 0. The molecule has 0 radical (unpaired) electrons. The van der Waals surface area contributed by atoms with E-state index >= 15 is 0 Å². The fourth-order valence-electron chi connectivity index (χ4n) is 4.42. The highest BCUT2D eigenvalue weighted by Gasteiger charge is 2.27. The van der Waals surface area contributed by atoms with Gasteiger partial charge in [-0.1, -0.05) is 30.3 Å². The van der Waals surface area contributed by atoms with Gasteiger partial charge in [0.2, 0.25) is 0 Å². The lowest BCUT2D eigenvalue weighted by Crippen LogP contribution is -2.17. The molecule has 0 aliphatic carbocycles. The molecule has 0 N–H and O–H groups in total. The van der Waals surface area contributed by atoms with E-state index < -0.39 is 0 Å². The van der Waals surface area contributed by atoms with E-state index in [1.54, 1.807) is 0 Å². The van der Waals surface area contributed by atoms with Crippen LogP contribution < -0.4 is 9.64 Å². The van der Waals surface area contributed by atoms with Gasteiger partial charge in [0, 0.05) is 24.8 Å². The van der Waals surface area contributed by atoms with Crippen LogP contribution in [-0.4, -0.2) is 18.8 Å². The summed E-state index contributed by atoms with van der Waals surface area (Å²) < 4.78 is 10.4. The molecule has 0 fully saturated rings. The molecule has 6 nitrogen and oxygen atoms in total. The third kappa shape index (κ3) is 1.92. The number of imidazole rings is 2. The molecule has 7 rings (SSSR count). The maximum Gasteiger partial charge on any atom is 0.181 e. The number of benzene rings is 3. The zero-order chi connectivity index (χ0) is 19.7. The van der Waals surface area contributed by atoms with Crippen LogP contribution in [0.4, 0.5) is 17.1 Å². The van der Waals surface area contributed by atoms with Crippen molar-refractivity contribution in [3.63, 3.8) is 0 Å². The van der Waals surface area contributed by atoms with Crippen LogP contribution in [0.15, 0.2) is 91.5 Å². The number of rotatable bonds is 1. The normalized spacial score (nSPS) is 12.9. The molecule has 0 spiro atoms. The molecule has 0 amide bonds. The van der Waals surface area contributed by atoms with E-state index in [9.17, 15) is 0 Å². The Morgan fingerprint density at radius 1 is 0.600 bits per heavy atom. The number of para-hydroxylation sites is 5. The summed E-state index contributed by atoms with van der Waals surface area (Å²) in [6, 6.07) is 22.6. The summed E-state index contributed by atoms with van der Waals surface area (Å²) in [6.07, 6.45) is 7.61. The average Bonchev–Trinajstić information content (AvgIpc) is 3.46.